The van der Waals surface area contributed by atoms with Gasteiger partial charge in [0.25, 0.3) is 11.8 Å². The van der Waals surface area contributed by atoms with E-state index in [0.717, 1.165) is 16.9 Å². The Morgan fingerprint density at radius 2 is 2.12 bits per heavy atom. The molecule has 3 heterocycles. The first-order valence-corrected chi connectivity index (χ1v) is 9.56. The Kier molecular flexibility index (Phi) is 5.50. The summed E-state index contributed by atoms with van der Waals surface area (Å²) in [6.07, 6.45) is 0.836. The van der Waals surface area contributed by atoms with Crippen molar-refractivity contribution < 1.29 is 19.1 Å². The van der Waals surface area contributed by atoms with Gasteiger partial charge in [-0.25, -0.2) is 0 Å². The molecule has 6 nitrogen and oxygen atoms in total. The number of hydrogen-bond acceptors (Lipinski definition) is 6. The van der Waals surface area contributed by atoms with Crippen molar-refractivity contribution in [2.24, 2.45) is 0 Å². The molecule has 0 saturated heterocycles. The molecule has 2 amide bonds. The monoisotopic (exact) mass is 378 g/mol. The van der Waals surface area contributed by atoms with Crippen LogP contribution in [0.2, 0.25) is 0 Å². The van der Waals surface area contributed by atoms with Crippen LogP contribution in [0.4, 0.5) is 0 Å². The molecule has 3 rings (SSSR count). The van der Waals surface area contributed by atoms with Crippen molar-refractivity contribution in [3.05, 3.63) is 43.8 Å². The summed E-state index contributed by atoms with van der Waals surface area (Å²) in [5, 5.41) is 4.52. The first-order chi connectivity index (χ1) is 12.0. The zero-order valence-corrected chi connectivity index (χ0v) is 15.4. The lowest BCUT2D eigenvalue weighted by Crippen LogP contribution is -2.39. The van der Waals surface area contributed by atoms with Crippen LogP contribution < -0.4 is 5.32 Å². The average molecular weight is 378 g/mol. The number of fused-ring (bicyclic) bond motifs is 1. The van der Waals surface area contributed by atoms with Gasteiger partial charge in [0.05, 0.1) is 4.88 Å². The minimum Gasteiger partial charge on any atom is -0.454 e. The van der Waals surface area contributed by atoms with Crippen LogP contribution >= 0.6 is 22.7 Å². The van der Waals surface area contributed by atoms with E-state index in [1.165, 1.54) is 16.2 Å². The van der Waals surface area contributed by atoms with Gasteiger partial charge in [0.2, 0.25) is 0 Å². The molecule has 0 unspecified atom stereocenters. The van der Waals surface area contributed by atoms with E-state index in [1.54, 1.807) is 22.3 Å². The molecule has 0 bridgehead atoms. The maximum absolute atomic E-state index is 12.2. The minimum absolute atomic E-state index is 0.217. The first-order valence-electron chi connectivity index (χ1n) is 7.86. The molecule has 0 spiro atoms. The summed E-state index contributed by atoms with van der Waals surface area (Å²) in [4.78, 5) is 40.3. The summed E-state index contributed by atoms with van der Waals surface area (Å²) in [7, 11) is 0. The largest absolute Gasteiger partial charge is 0.454 e. The van der Waals surface area contributed by atoms with Gasteiger partial charge in [0, 0.05) is 22.8 Å². The number of carbonyl (C=O) groups is 3. The fourth-order valence-electron chi connectivity index (χ4n) is 2.54. The number of esters is 1. The molecular weight excluding hydrogens is 360 g/mol. The third-order valence-corrected chi connectivity index (χ3v) is 5.90. The number of hydrogen-bond donors (Lipinski definition) is 1. The summed E-state index contributed by atoms with van der Waals surface area (Å²) in [5.74, 6) is -1.16. The average Bonchev–Trinajstić information content (AvgIpc) is 3.25. The Morgan fingerprint density at radius 1 is 1.28 bits per heavy atom. The highest BCUT2D eigenvalue weighted by molar-refractivity contribution is 7.13. The van der Waals surface area contributed by atoms with Crippen LogP contribution in [0.3, 0.4) is 0 Å². The summed E-state index contributed by atoms with van der Waals surface area (Å²) in [5.41, 5.74) is 1.16. The predicted octanol–water partition coefficient (Wildman–Crippen LogP) is 1.98. The number of rotatable bonds is 5. The van der Waals surface area contributed by atoms with Gasteiger partial charge >= 0.3 is 5.97 Å². The molecule has 2 aromatic heterocycles. The van der Waals surface area contributed by atoms with E-state index in [4.69, 9.17) is 4.74 Å². The van der Waals surface area contributed by atoms with Gasteiger partial charge in [-0.3, -0.25) is 14.4 Å². The molecule has 0 aromatic carbocycles. The fourth-order valence-corrected chi connectivity index (χ4v) is 4.22. The lowest BCUT2D eigenvalue weighted by Gasteiger charge is -2.26. The number of thiophene rings is 2. The Labute approximate surface area is 153 Å². The SMILES string of the molecule is Cc1ccc(C(=O)NCC(=O)OCC(=O)N2CCc3sccc3C2)s1. The van der Waals surface area contributed by atoms with Crippen LogP contribution in [0.1, 0.15) is 25.0 Å². The van der Waals surface area contributed by atoms with Crippen molar-refractivity contribution in [3.8, 4) is 0 Å². The van der Waals surface area contributed by atoms with Crippen molar-refractivity contribution in [2.45, 2.75) is 19.9 Å². The molecule has 1 N–H and O–H groups in total. The Balaban J connectivity index is 1.40. The third-order valence-electron chi connectivity index (χ3n) is 3.87. The van der Waals surface area contributed by atoms with Gasteiger partial charge in [0.15, 0.2) is 6.61 Å². The Morgan fingerprint density at radius 3 is 2.88 bits per heavy atom. The normalized spacial score (nSPS) is 13.2. The van der Waals surface area contributed by atoms with Crippen molar-refractivity contribution >= 4 is 40.5 Å². The highest BCUT2D eigenvalue weighted by atomic mass is 32.1. The topological polar surface area (TPSA) is 75.7 Å². The van der Waals surface area contributed by atoms with E-state index in [2.05, 4.69) is 5.32 Å². The lowest BCUT2D eigenvalue weighted by molar-refractivity contribution is -0.151. The molecule has 0 radical (unpaired) electrons. The van der Waals surface area contributed by atoms with Crippen LogP contribution in [0.15, 0.2) is 23.6 Å². The van der Waals surface area contributed by atoms with Gasteiger partial charge in [-0.05, 0) is 42.5 Å². The Hall–Kier alpha value is -2.19. The second-order valence-corrected chi connectivity index (χ2v) is 7.98. The van der Waals surface area contributed by atoms with Crippen LogP contribution in [-0.4, -0.2) is 42.4 Å². The number of nitrogens with one attached hydrogen (secondary N) is 1. The molecule has 0 atom stereocenters. The van der Waals surface area contributed by atoms with Gasteiger partial charge in [-0.2, -0.15) is 0 Å². The van der Waals surface area contributed by atoms with Gasteiger partial charge in [-0.1, -0.05) is 0 Å². The van der Waals surface area contributed by atoms with Gasteiger partial charge in [0.1, 0.15) is 6.54 Å². The molecule has 132 valence electrons. The Bertz CT molecular complexity index is 796. The zero-order chi connectivity index (χ0) is 17.8. The summed E-state index contributed by atoms with van der Waals surface area (Å²) in [6.45, 7) is 2.55. The molecule has 25 heavy (non-hydrogen) atoms. The van der Waals surface area contributed by atoms with E-state index < -0.39 is 5.97 Å². The number of amides is 2. The molecule has 8 heteroatoms. The van der Waals surface area contributed by atoms with Crippen molar-refractivity contribution in [3.63, 3.8) is 0 Å². The number of aryl methyl sites for hydroxylation is 1. The highest BCUT2D eigenvalue weighted by Gasteiger charge is 2.22. The number of nitrogens with zero attached hydrogens (tertiary/aromatic N) is 1. The smallest absolute Gasteiger partial charge is 0.325 e. The summed E-state index contributed by atoms with van der Waals surface area (Å²) >= 11 is 3.06. The van der Waals surface area contributed by atoms with E-state index >= 15 is 0 Å². The van der Waals surface area contributed by atoms with Crippen LogP contribution in [0.25, 0.3) is 0 Å². The quantitative estimate of drug-likeness (QED) is 0.807. The minimum atomic E-state index is -0.622. The zero-order valence-electron chi connectivity index (χ0n) is 13.7. The van der Waals surface area contributed by atoms with Crippen LogP contribution in [0.5, 0.6) is 0 Å². The maximum Gasteiger partial charge on any atom is 0.325 e. The number of carbonyl (C=O) groups excluding carboxylic acids is 3. The highest BCUT2D eigenvalue weighted by Crippen LogP contribution is 2.23. The predicted molar refractivity (Wildman–Crippen MR) is 95.8 cm³/mol. The van der Waals surface area contributed by atoms with Crippen molar-refractivity contribution in [1.82, 2.24) is 10.2 Å². The molecule has 2 aromatic rings. The van der Waals surface area contributed by atoms with E-state index in [0.29, 0.717) is 18.0 Å². The fraction of sp³-hybridized carbons (Fsp3) is 0.353. The van der Waals surface area contributed by atoms with E-state index in [9.17, 15) is 14.4 Å². The van der Waals surface area contributed by atoms with Crippen LogP contribution in [-0.2, 0) is 27.3 Å². The maximum atomic E-state index is 12.2. The second kappa shape index (κ2) is 7.79. The lowest BCUT2D eigenvalue weighted by atomic mass is 10.1. The molecule has 1 aliphatic heterocycles. The standard InChI is InChI=1S/C17H18N2O4S2/c1-11-2-3-14(25-11)17(22)18-8-16(21)23-10-15(20)19-6-4-13-12(9-19)5-7-24-13/h2-3,5,7H,4,6,8-10H2,1H3,(H,18,22). The molecule has 0 saturated carbocycles. The second-order valence-electron chi connectivity index (χ2n) is 5.69. The third kappa shape index (κ3) is 4.46. The van der Waals surface area contributed by atoms with Crippen LogP contribution in [0, 0.1) is 6.92 Å². The molecule has 1 aliphatic rings. The van der Waals surface area contributed by atoms with Crippen molar-refractivity contribution in [1.29, 1.82) is 0 Å². The van der Waals surface area contributed by atoms with E-state index in [-0.39, 0.29) is 25.0 Å². The van der Waals surface area contributed by atoms with Crippen molar-refractivity contribution in [2.75, 3.05) is 19.7 Å². The summed E-state index contributed by atoms with van der Waals surface area (Å²) in [6, 6.07) is 5.57. The number of ether oxygens (including phenoxy) is 1. The van der Waals surface area contributed by atoms with E-state index in [1.807, 2.05) is 24.4 Å². The molecule has 0 aliphatic carbocycles. The van der Waals surface area contributed by atoms with Gasteiger partial charge in [-0.15, -0.1) is 22.7 Å². The summed E-state index contributed by atoms with van der Waals surface area (Å²) < 4.78 is 4.98. The molecule has 0 fully saturated rings. The molecular formula is C17H18N2O4S2. The first kappa shape index (κ1) is 17.6. The van der Waals surface area contributed by atoms with Gasteiger partial charge < -0.3 is 15.0 Å².